The van der Waals surface area contributed by atoms with Gasteiger partial charge in [-0.05, 0) is 54.8 Å². The Morgan fingerprint density at radius 1 is 0.974 bits per heavy atom. The monoisotopic (exact) mass is 633 g/mol. The molecular formula is C29H33BrClN3O4S. The summed E-state index contributed by atoms with van der Waals surface area (Å²) in [5.41, 5.74) is 1.94. The van der Waals surface area contributed by atoms with Gasteiger partial charge in [0.25, 0.3) is 0 Å². The minimum absolute atomic E-state index is 0.0995. The SMILES string of the molecule is CC[C@H](C)NC(=O)[C@@H](Cc1ccccc1)N(Cc1cccc(Br)c1)C(=O)CN(c1cccc(Cl)c1)S(C)(=O)=O. The third kappa shape index (κ3) is 9.08. The van der Waals surface area contributed by atoms with Crippen molar-refractivity contribution in [3.05, 3.63) is 99.5 Å². The summed E-state index contributed by atoms with van der Waals surface area (Å²) in [6, 6.07) is 22.2. The van der Waals surface area contributed by atoms with Crippen molar-refractivity contribution in [1.29, 1.82) is 0 Å². The average molecular weight is 635 g/mol. The van der Waals surface area contributed by atoms with Crippen LogP contribution in [0.25, 0.3) is 0 Å². The minimum atomic E-state index is -3.85. The summed E-state index contributed by atoms with van der Waals surface area (Å²) >= 11 is 9.60. The van der Waals surface area contributed by atoms with Crippen LogP contribution in [-0.2, 0) is 32.6 Å². The van der Waals surface area contributed by atoms with Gasteiger partial charge < -0.3 is 10.2 Å². The van der Waals surface area contributed by atoms with Crippen molar-refractivity contribution in [2.24, 2.45) is 0 Å². The second kappa shape index (κ2) is 14.0. The average Bonchev–Trinajstić information content (AvgIpc) is 2.89. The molecule has 1 N–H and O–H groups in total. The van der Waals surface area contributed by atoms with E-state index in [1.165, 1.54) is 11.0 Å². The van der Waals surface area contributed by atoms with Crippen LogP contribution in [0.4, 0.5) is 5.69 Å². The van der Waals surface area contributed by atoms with Crippen LogP contribution in [0.3, 0.4) is 0 Å². The molecule has 7 nitrogen and oxygen atoms in total. The number of carbonyl (C=O) groups is 2. The first-order chi connectivity index (χ1) is 18.5. The van der Waals surface area contributed by atoms with Crippen molar-refractivity contribution in [2.45, 2.75) is 45.3 Å². The first kappa shape index (κ1) is 30.7. The molecule has 0 radical (unpaired) electrons. The number of nitrogens with one attached hydrogen (secondary N) is 1. The molecule has 3 aromatic rings. The number of carbonyl (C=O) groups excluding carboxylic acids is 2. The summed E-state index contributed by atoms with van der Waals surface area (Å²) in [5.74, 6) is -0.814. The number of sulfonamides is 1. The van der Waals surface area contributed by atoms with Crippen LogP contribution < -0.4 is 9.62 Å². The molecule has 10 heteroatoms. The van der Waals surface area contributed by atoms with Crippen LogP contribution in [0, 0.1) is 0 Å². The number of nitrogens with zero attached hydrogens (tertiary/aromatic N) is 2. The maximum atomic E-state index is 14.0. The van der Waals surface area contributed by atoms with Gasteiger partial charge in [-0.1, -0.05) is 83.0 Å². The third-order valence-electron chi connectivity index (χ3n) is 6.29. The number of hydrogen-bond acceptors (Lipinski definition) is 4. The zero-order valence-electron chi connectivity index (χ0n) is 22.2. The van der Waals surface area contributed by atoms with Crippen molar-refractivity contribution in [1.82, 2.24) is 10.2 Å². The molecule has 39 heavy (non-hydrogen) atoms. The van der Waals surface area contributed by atoms with Gasteiger partial charge in [0.2, 0.25) is 21.8 Å². The predicted octanol–water partition coefficient (Wildman–Crippen LogP) is 5.42. The molecule has 0 saturated carbocycles. The topological polar surface area (TPSA) is 86.8 Å². The zero-order chi connectivity index (χ0) is 28.6. The number of anilines is 1. The number of halogens is 2. The Morgan fingerprint density at radius 2 is 1.64 bits per heavy atom. The largest absolute Gasteiger partial charge is 0.352 e. The van der Waals surface area contributed by atoms with E-state index in [0.717, 1.165) is 32.6 Å². The molecule has 0 unspecified atom stereocenters. The van der Waals surface area contributed by atoms with Gasteiger partial charge in [0.1, 0.15) is 12.6 Å². The highest BCUT2D eigenvalue weighted by Gasteiger charge is 2.33. The third-order valence-corrected chi connectivity index (χ3v) is 8.16. The molecular weight excluding hydrogens is 602 g/mol. The van der Waals surface area contributed by atoms with E-state index in [4.69, 9.17) is 11.6 Å². The lowest BCUT2D eigenvalue weighted by Crippen LogP contribution is -2.54. The number of amides is 2. The zero-order valence-corrected chi connectivity index (χ0v) is 25.3. The molecule has 0 aliphatic heterocycles. The van der Waals surface area contributed by atoms with E-state index in [2.05, 4.69) is 21.2 Å². The van der Waals surface area contributed by atoms with Gasteiger partial charge in [0.15, 0.2) is 0 Å². The van der Waals surface area contributed by atoms with Gasteiger partial charge >= 0.3 is 0 Å². The van der Waals surface area contributed by atoms with Gasteiger partial charge in [0, 0.05) is 28.5 Å². The molecule has 2 atom stereocenters. The second-order valence-corrected chi connectivity index (χ2v) is 12.7. The number of benzene rings is 3. The lowest BCUT2D eigenvalue weighted by molar-refractivity contribution is -0.140. The Hall–Kier alpha value is -2.88. The molecule has 2 amide bonds. The van der Waals surface area contributed by atoms with Gasteiger partial charge in [0.05, 0.1) is 11.9 Å². The number of hydrogen-bond donors (Lipinski definition) is 1. The molecule has 0 aliphatic carbocycles. The Labute approximate surface area is 244 Å². The van der Waals surface area contributed by atoms with Crippen molar-refractivity contribution in [2.75, 3.05) is 17.1 Å². The molecule has 0 spiro atoms. The fourth-order valence-corrected chi connectivity index (χ4v) is 5.54. The van der Waals surface area contributed by atoms with Crippen LogP contribution in [0.1, 0.15) is 31.4 Å². The molecule has 0 aromatic heterocycles. The van der Waals surface area contributed by atoms with Crippen LogP contribution in [0.5, 0.6) is 0 Å². The molecule has 0 saturated heterocycles. The first-order valence-electron chi connectivity index (χ1n) is 12.6. The second-order valence-electron chi connectivity index (χ2n) is 9.42. The highest BCUT2D eigenvalue weighted by Crippen LogP contribution is 2.24. The van der Waals surface area contributed by atoms with Crippen molar-refractivity contribution in [3.63, 3.8) is 0 Å². The van der Waals surface area contributed by atoms with Gasteiger partial charge in [-0.2, -0.15) is 0 Å². The van der Waals surface area contributed by atoms with E-state index in [1.807, 2.05) is 68.4 Å². The molecule has 0 fully saturated rings. The first-order valence-corrected chi connectivity index (χ1v) is 15.6. The van der Waals surface area contributed by atoms with Crippen LogP contribution in [-0.4, -0.2) is 50.0 Å². The van der Waals surface area contributed by atoms with E-state index in [0.29, 0.717) is 5.02 Å². The highest BCUT2D eigenvalue weighted by molar-refractivity contribution is 9.10. The van der Waals surface area contributed by atoms with Crippen molar-refractivity contribution < 1.29 is 18.0 Å². The quantitative estimate of drug-likeness (QED) is 0.288. The van der Waals surface area contributed by atoms with Crippen molar-refractivity contribution in [3.8, 4) is 0 Å². The molecule has 208 valence electrons. The van der Waals surface area contributed by atoms with Crippen LogP contribution in [0.2, 0.25) is 5.02 Å². The molecule has 3 rings (SSSR count). The summed E-state index contributed by atoms with van der Waals surface area (Å²) in [4.78, 5) is 29.2. The molecule has 0 aliphatic rings. The maximum Gasteiger partial charge on any atom is 0.244 e. The molecule has 3 aromatic carbocycles. The highest BCUT2D eigenvalue weighted by atomic mass is 79.9. The fourth-order valence-electron chi connectivity index (χ4n) is 4.07. The fraction of sp³-hybridized carbons (Fsp3) is 0.310. The smallest absolute Gasteiger partial charge is 0.244 e. The van der Waals surface area contributed by atoms with E-state index in [-0.39, 0.29) is 30.6 Å². The number of rotatable bonds is 12. The Balaban J connectivity index is 2.06. The maximum absolute atomic E-state index is 14.0. The summed E-state index contributed by atoms with van der Waals surface area (Å²) in [6.45, 7) is 3.49. The van der Waals surface area contributed by atoms with Crippen LogP contribution in [0.15, 0.2) is 83.3 Å². The lowest BCUT2D eigenvalue weighted by Gasteiger charge is -2.34. The van der Waals surface area contributed by atoms with Crippen molar-refractivity contribution >= 4 is 55.1 Å². The van der Waals surface area contributed by atoms with E-state index in [9.17, 15) is 18.0 Å². The van der Waals surface area contributed by atoms with E-state index < -0.39 is 28.5 Å². The standard InChI is InChI=1S/C29H33BrClN3O4S/c1-4-21(2)32-29(36)27(17-22-10-6-5-7-11-22)33(19-23-12-8-13-24(30)16-23)28(35)20-34(39(3,37)38)26-15-9-14-25(31)18-26/h5-16,18,21,27H,4,17,19-20H2,1-3H3,(H,32,36)/t21-,27+/m0/s1. The molecule has 0 heterocycles. The molecule has 0 bridgehead atoms. The van der Waals surface area contributed by atoms with E-state index in [1.54, 1.807) is 18.2 Å². The van der Waals surface area contributed by atoms with Crippen LogP contribution >= 0.6 is 27.5 Å². The predicted molar refractivity (Wildman–Crippen MR) is 160 cm³/mol. The summed E-state index contributed by atoms with van der Waals surface area (Å²) in [6.07, 6.45) is 2.02. The summed E-state index contributed by atoms with van der Waals surface area (Å²) in [7, 11) is -3.85. The summed E-state index contributed by atoms with van der Waals surface area (Å²) in [5, 5.41) is 3.36. The van der Waals surface area contributed by atoms with Gasteiger partial charge in [-0.15, -0.1) is 0 Å². The Kier molecular flexibility index (Phi) is 11.0. The lowest BCUT2D eigenvalue weighted by atomic mass is 10.0. The Morgan fingerprint density at radius 3 is 2.26 bits per heavy atom. The van der Waals surface area contributed by atoms with Gasteiger partial charge in [-0.25, -0.2) is 8.42 Å². The van der Waals surface area contributed by atoms with E-state index >= 15 is 0 Å². The Bertz CT molecular complexity index is 1390. The normalized spacial score (nSPS) is 12.8. The van der Waals surface area contributed by atoms with Gasteiger partial charge in [-0.3, -0.25) is 13.9 Å². The summed E-state index contributed by atoms with van der Waals surface area (Å²) < 4.78 is 27.5. The minimum Gasteiger partial charge on any atom is -0.352 e.